The first kappa shape index (κ1) is 14.0. The summed E-state index contributed by atoms with van der Waals surface area (Å²) in [5.74, 6) is 0.0163. The Morgan fingerprint density at radius 1 is 1.57 bits per heavy atom. The standard InChI is InChI=1S/C15H18N2O4/c1-9-3-4-13-12(16-9)6-14(21-13)15(19)17-7-11(20-2)5-10(17)8-18/h3-4,6,10-11,18H,5,7-8H2,1-2H3/t10-,11+/m0/s1. The van der Waals surface area contributed by atoms with Crippen LogP contribution in [0.1, 0.15) is 22.7 Å². The molecule has 3 rings (SSSR count). The van der Waals surface area contributed by atoms with Crippen LogP contribution in [0.2, 0.25) is 0 Å². The van der Waals surface area contributed by atoms with Gasteiger partial charge in [-0.3, -0.25) is 4.79 Å². The molecule has 112 valence electrons. The molecule has 1 saturated heterocycles. The molecule has 2 aromatic heterocycles. The van der Waals surface area contributed by atoms with Gasteiger partial charge in [-0.25, -0.2) is 4.98 Å². The number of carbonyl (C=O) groups excluding carboxylic acids is 1. The molecule has 0 saturated carbocycles. The Balaban J connectivity index is 1.89. The first-order chi connectivity index (χ1) is 10.1. The molecule has 21 heavy (non-hydrogen) atoms. The van der Waals surface area contributed by atoms with Gasteiger partial charge in [-0.05, 0) is 25.5 Å². The van der Waals surface area contributed by atoms with E-state index >= 15 is 0 Å². The van der Waals surface area contributed by atoms with Crippen LogP contribution >= 0.6 is 0 Å². The third kappa shape index (κ3) is 2.52. The predicted octanol–water partition coefficient (Wildman–Crippen LogP) is 1.36. The summed E-state index contributed by atoms with van der Waals surface area (Å²) in [6.45, 7) is 2.27. The number of aliphatic hydroxyl groups is 1. The molecule has 0 spiro atoms. The first-order valence-corrected chi connectivity index (χ1v) is 6.94. The topological polar surface area (TPSA) is 75.8 Å². The molecule has 2 aromatic rings. The van der Waals surface area contributed by atoms with Crippen molar-refractivity contribution in [3.8, 4) is 0 Å². The van der Waals surface area contributed by atoms with Gasteiger partial charge in [0, 0.05) is 25.4 Å². The number of aliphatic hydroxyl groups excluding tert-OH is 1. The van der Waals surface area contributed by atoms with E-state index in [1.807, 2.05) is 13.0 Å². The number of fused-ring (bicyclic) bond motifs is 1. The molecule has 1 N–H and O–H groups in total. The van der Waals surface area contributed by atoms with Crippen molar-refractivity contribution >= 4 is 17.0 Å². The predicted molar refractivity (Wildman–Crippen MR) is 76.1 cm³/mol. The number of likely N-dealkylation sites (tertiary alicyclic amines) is 1. The number of hydrogen-bond acceptors (Lipinski definition) is 5. The second kappa shape index (κ2) is 5.46. The van der Waals surface area contributed by atoms with Crippen LogP contribution in [0.25, 0.3) is 11.1 Å². The molecule has 2 atom stereocenters. The fourth-order valence-corrected chi connectivity index (χ4v) is 2.74. The molecule has 0 bridgehead atoms. The Morgan fingerprint density at radius 3 is 3.10 bits per heavy atom. The molecular formula is C15H18N2O4. The zero-order valence-corrected chi connectivity index (χ0v) is 12.1. The normalized spacial score (nSPS) is 22.1. The molecule has 0 aromatic carbocycles. The highest BCUT2D eigenvalue weighted by atomic mass is 16.5. The van der Waals surface area contributed by atoms with Gasteiger partial charge in [0.25, 0.3) is 5.91 Å². The van der Waals surface area contributed by atoms with Gasteiger partial charge in [0.1, 0.15) is 5.52 Å². The number of nitrogens with zero attached hydrogens (tertiary/aromatic N) is 2. The Labute approximate surface area is 122 Å². The van der Waals surface area contributed by atoms with Crippen LogP contribution in [-0.2, 0) is 4.74 Å². The molecule has 6 heteroatoms. The van der Waals surface area contributed by atoms with E-state index in [4.69, 9.17) is 9.15 Å². The van der Waals surface area contributed by atoms with Gasteiger partial charge in [0.15, 0.2) is 11.3 Å². The van der Waals surface area contributed by atoms with Crippen molar-refractivity contribution in [2.75, 3.05) is 20.3 Å². The molecule has 1 aliphatic heterocycles. The van der Waals surface area contributed by atoms with Crippen molar-refractivity contribution in [2.24, 2.45) is 0 Å². The van der Waals surface area contributed by atoms with E-state index in [-0.39, 0.29) is 30.4 Å². The van der Waals surface area contributed by atoms with Crippen molar-refractivity contribution in [3.63, 3.8) is 0 Å². The minimum Gasteiger partial charge on any atom is -0.449 e. The van der Waals surface area contributed by atoms with Crippen LogP contribution in [0, 0.1) is 6.92 Å². The van der Waals surface area contributed by atoms with Crippen molar-refractivity contribution in [3.05, 3.63) is 29.7 Å². The third-order valence-electron chi connectivity index (χ3n) is 3.90. The SMILES string of the molecule is CO[C@@H]1C[C@@H](CO)N(C(=O)c2cc3nc(C)ccc3o2)C1. The molecule has 6 nitrogen and oxygen atoms in total. The molecule has 1 amide bonds. The number of hydrogen-bond donors (Lipinski definition) is 1. The fraction of sp³-hybridized carbons (Fsp3) is 0.467. The number of amides is 1. The minimum atomic E-state index is -0.232. The van der Waals surface area contributed by atoms with E-state index in [0.717, 1.165) is 5.69 Å². The summed E-state index contributed by atoms with van der Waals surface area (Å²) in [5, 5.41) is 9.43. The van der Waals surface area contributed by atoms with Crippen LogP contribution in [0.3, 0.4) is 0 Å². The Bertz CT molecular complexity index is 667. The van der Waals surface area contributed by atoms with E-state index in [1.165, 1.54) is 0 Å². The van der Waals surface area contributed by atoms with E-state index in [2.05, 4.69) is 4.98 Å². The largest absolute Gasteiger partial charge is 0.449 e. The second-order valence-corrected chi connectivity index (χ2v) is 5.33. The Kier molecular flexibility index (Phi) is 3.65. The number of aromatic nitrogens is 1. The summed E-state index contributed by atoms with van der Waals surface area (Å²) in [6.07, 6.45) is 0.590. The summed E-state index contributed by atoms with van der Waals surface area (Å²) in [6, 6.07) is 5.07. The summed E-state index contributed by atoms with van der Waals surface area (Å²) >= 11 is 0. The molecule has 1 fully saturated rings. The average molecular weight is 290 g/mol. The van der Waals surface area contributed by atoms with Gasteiger partial charge in [-0.1, -0.05) is 0 Å². The maximum absolute atomic E-state index is 12.6. The van der Waals surface area contributed by atoms with Crippen LogP contribution in [0.15, 0.2) is 22.6 Å². The van der Waals surface area contributed by atoms with Gasteiger partial charge in [0.05, 0.1) is 18.8 Å². The van der Waals surface area contributed by atoms with Gasteiger partial charge in [0.2, 0.25) is 0 Å². The van der Waals surface area contributed by atoms with E-state index in [1.54, 1.807) is 24.1 Å². The van der Waals surface area contributed by atoms with Crippen LogP contribution in [-0.4, -0.2) is 53.3 Å². The van der Waals surface area contributed by atoms with Gasteiger partial charge in [-0.15, -0.1) is 0 Å². The smallest absolute Gasteiger partial charge is 0.290 e. The highest BCUT2D eigenvalue weighted by Crippen LogP contribution is 2.25. The third-order valence-corrected chi connectivity index (χ3v) is 3.90. The summed E-state index contributed by atoms with van der Waals surface area (Å²) in [5.41, 5.74) is 2.13. The Hall–Kier alpha value is -1.92. The Morgan fingerprint density at radius 2 is 2.38 bits per heavy atom. The van der Waals surface area contributed by atoms with E-state index in [9.17, 15) is 9.90 Å². The summed E-state index contributed by atoms with van der Waals surface area (Å²) in [7, 11) is 1.61. The zero-order chi connectivity index (χ0) is 15.0. The lowest BCUT2D eigenvalue weighted by Gasteiger charge is -2.21. The van der Waals surface area contributed by atoms with Crippen molar-refractivity contribution in [2.45, 2.75) is 25.5 Å². The molecule has 0 aliphatic carbocycles. The van der Waals surface area contributed by atoms with Crippen LogP contribution in [0.5, 0.6) is 0 Å². The molecule has 3 heterocycles. The first-order valence-electron chi connectivity index (χ1n) is 6.94. The van der Waals surface area contributed by atoms with Gasteiger partial charge in [-0.2, -0.15) is 0 Å². The lowest BCUT2D eigenvalue weighted by atomic mass is 10.2. The molecule has 0 radical (unpaired) electrons. The number of pyridine rings is 1. The van der Waals surface area contributed by atoms with Gasteiger partial charge < -0.3 is 19.2 Å². The molecular weight excluding hydrogens is 272 g/mol. The highest BCUT2D eigenvalue weighted by Gasteiger charge is 2.36. The van der Waals surface area contributed by atoms with Crippen LogP contribution < -0.4 is 0 Å². The van der Waals surface area contributed by atoms with Gasteiger partial charge >= 0.3 is 0 Å². The number of furan rings is 1. The number of methoxy groups -OCH3 is 1. The fourth-order valence-electron chi connectivity index (χ4n) is 2.74. The van der Waals surface area contributed by atoms with Crippen molar-refractivity contribution < 1.29 is 19.1 Å². The number of aryl methyl sites for hydroxylation is 1. The maximum atomic E-state index is 12.6. The number of carbonyl (C=O) groups is 1. The molecule has 1 aliphatic rings. The second-order valence-electron chi connectivity index (χ2n) is 5.33. The summed E-state index contributed by atoms with van der Waals surface area (Å²) in [4.78, 5) is 18.5. The quantitative estimate of drug-likeness (QED) is 0.923. The summed E-state index contributed by atoms with van der Waals surface area (Å²) < 4.78 is 10.9. The lowest BCUT2D eigenvalue weighted by molar-refractivity contribution is 0.0619. The zero-order valence-electron chi connectivity index (χ0n) is 12.1. The molecule has 0 unspecified atom stereocenters. The van der Waals surface area contributed by atoms with E-state index in [0.29, 0.717) is 24.1 Å². The highest BCUT2D eigenvalue weighted by molar-refractivity contribution is 5.95. The number of ether oxygens (including phenoxy) is 1. The lowest BCUT2D eigenvalue weighted by Crippen LogP contribution is -2.37. The van der Waals surface area contributed by atoms with E-state index < -0.39 is 0 Å². The maximum Gasteiger partial charge on any atom is 0.290 e. The number of rotatable bonds is 3. The van der Waals surface area contributed by atoms with Crippen molar-refractivity contribution in [1.29, 1.82) is 0 Å². The average Bonchev–Trinajstić information content (AvgIpc) is 3.09. The minimum absolute atomic E-state index is 0.0455. The van der Waals surface area contributed by atoms with Crippen LogP contribution in [0.4, 0.5) is 0 Å². The monoisotopic (exact) mass is 290 g/mol. The van der Waals surface area contributed by atoms with Crippen molar-refractivity contribution in [1.82, 2.24) is 9.88 Å².